The lowest BCUT2D eigenvalue weighted by molar-refractivity contribution is 0.225. The molecule has 0 saturated heterocycles. The molecule has 23 heavy (non-hydrogen) atoms. The van der Waals surface area contributed by atoms with Crippen molar-refractivity contribution >= 4 is 7.92 Å². The van der Waals surface area contributed by atoms with E-state index in [0.717, 1.165) is 0 Å². The second-order valence-electron chi connectivity index (χ2n) is 6.05. The van der Waals surface area contributed by atoms with Crippen LogP contribution in [0.2, 0.25) is 0 Å². The monoisotopic (exact) mass is 330 g/mol. The van der Waals surface area contributed by atoms with Gasteiger partial charge in [-0.3, -0.25) is 0 Å². The molecule has 0 aliphatic heterocycles. The van der Waals surface area contributed by atoms with Crippen LogP contribution in [0.25, 0.3) is 0 Å². The van der Waals surface area contributed by atoms with E-state index in [1.807, 2.05) is 69.4 Å². The average molecular weight is 330 g/mol. The molecule has 0 unspecified atom stereocenters. The molecule has 7 heteroatoms. The van der Waals surface area contributed by atoms with E-state index in [-0.39, 0.29) is 0 Å². The van der Waals surface area contributed by atoms with E-state index in [4.69, 9.17) is 0 Å². The minimum Gasteiger partial charge on any atom is -0.221 e. The highest BCUT2D eigenvalue weighted by Crippen LogP contribution is 2.60. The Morgan fingerprint density at radius 3 is 1.26 bits per heavy atom. The number of rotatable bonds is 6. The van der Waals surface area contributed by atoms with Crippen molar-refractivity contribution in [1.82, 2.24) is 29.3 Å². The molecule has 3 aromatic rings. The fourth-order valence-electron chi connectivity index (χ4n) is 3.30. The number of hydrogen-bond acceptors (Lipinski definition) is 3. The van der Waals surface area contributed by atoms with Crippen LogP contribution in [-0.2, 0) is 5.53 Å². The summed E-state index contributed by atoms with van der Waals surface area (Å²) in [7, 11) is -0.577. The van der Waals surface area contributed by atoms with Crippen LogP contribution >= 0.6 is 7.92 Å². The van der Waals surface area contributed by atoms with Gasteiger partial charge >= 0.3 is 0 Å². The van der Waals surface area contributed by atoms with Gasteiger partial charge < -0.3 is 0 Å². The first-order chi connectivity index (χ1) is 11.1. The Labute approximate surface area is 137 Å². The molecule has 6 nitrogen and oxygen atoms in total. The average Bonchev–Trinajstić information content (AvgIpc) is 3.26. The highest BCUT2D eigenvalue weighted by atomic mass is 31.1. The first-order valence-electron chi connectivity index (χ1n) is 7.87. The quantitative estimate of drug-likeness (QED) is 0.652. The van der Waals surface area contributed by atoms with Gasteiger partial charge in [-0.15, -0.1) is 0 Å². The van der Waals surface area contributed by atoms with Crippen molar-refractivity contribution in [3.05, 3.63) is 55.4 Å². The molecular formula is C16H23N6P. The number of hydrogen-bond donors (Lipinski definition) is 0. The van der Waals surface area contributed by atoms with Gasteiger partial charge in [-0.25, -0.2) is 14.0 Å². The van der Waals surface area contributed by atoms with E-state index >= 15 is 0 Å². The standard InChI is InChI=1S/C16H23N6P/c1-14(2)23(15(3)4)16(20-11-5-8-17-20,21-12-6-9-18-21)22-13-7-10-19-22/h5-15H,1-4H3. The second kappa shape index (κ2) is 6.28. The minimum absolute atomic E-state index is 0.475. The van der Waals surface area contributed by atoms with Gasteiger partial charge in [0, 0.05) is 37.2 Å². The van der Waals surface area contributed by atoms with Gasteiger partial charge in [-0.2, -0.15) is 15.3 Å². The molecule has 0 N–H and O–H groups in total. The van der Waals surface area contributed by atoms with Crippen LogP contribution in [0.5, 0.6) is 0 Å². The van der Waals surface area contributed by atoms with E-state index in [9.17, 15) is 0 Å². The molecule has 3 rings (SSSR count). The van der Waals surface area contributed by atoms with Crippen LogP contribution in [0.3, 0.4) is 0 Å². The molecule has 0 fully saturated rings. The fraction of sp³-hybridized carbons (Fsp3) is 0.438. The molecule has 0 aliphatic rings. The maximum atomic E-state index is 4.60. The Kier molecular flexibility index (Phi) is 4.35. The molecular weight excluding hydrogens is 307 g/mol. The van der Waals surface area contributed by atoms with Crippen LogP contribution in [0.4, 0.5) is 0 Å². The summed E-state index contributed by atoms with van der Waals surface area (Å²) in [6.07, 6.45) is 11.5. The predicted molar refractivity (Wildman–Crippen MR) is 92.6 cm³/mol. The molecule has 0 atom stereocenters. The number of aromatic nitrogens is 6. The Balaban J connectivity index is 2.35. The van der Waals surface area contributed by atoms with E-state index in [0.29, 0.717) is 11.3 Å². The highest BCUT2D eigenvalue weighted by molar-refractivity contribution is 7.59. The fourth-order valence-corrected chi connectivity index (χ4v) is 6.94. The Morgan fingerprint density at radius 1 is 0.696 bits per heavy atom. The molecule has 0 amide bonds. The third-order valence-electron chi connectivity index (χ3n) is 3.89. The van der Waals surface area contributed by atoms with E-state index in [1.165, 1.54) is 0 Å². The minimum atomic E-state index is -0.589. The van der Waals surface area contributed by atoms with Crippen molar-refractivity contribution in [3.63, 3.8) is 0 Å². The Bertz CT molecular complexity index is 608. The summed E-state index contributed by atoms with van der Waals surface area (Å²) in [6, 6.07) is 5.86. The third-order valence-corrected chi connectivity index (χ3v) is 7.43. The van der Waals surface area contributed by atoms with Crippen molar-refractivity contribution < 1.29 is 0 Å². The lowest BCUT2D eigenvalue weighted by atomic mass is 10.5. The van der Waals surface area contributed by atoms with Crippen molar-refractivity contribution in [2.75, 3.05) is 0 Å². The van der Waals surface area contributed by atoms with Crippen LogP contribution in [0.15, 0.2) is 55.4 Å². The first-order valence-corrected chi connectivity index (χ1v) is 9.35. The molecule has 0 saturated carbocycles. The first kappa shape index (κ1) is 15.9. The van der Waals surface area contributed by atoms with Crippen LogP contribution in [0.1, 0.15) is 27.7 Å². The van der Waals surface area contributed by atoms with Gasteiger partial charge in [0.05, 0.1) is 0 Å². The summed E-state index contributed by atoms with van der Waals surface area (Å²) in [5.74, 6) is 0. The third kappa shape index (κ3) is 2.51. The summed E-state index contributed by atoms with van der Waals surface area (Å²) in [5.41, 5.74) is 0.360. The zero-order valence-corrected chi connectivity index (χ0v) is 14.9. The van der Waals surface area contributed by atoms with Gasteiger partial charge in [-0.05, 0) is 37.4 Å². The van der Waals surface area contributed by atoms with Gasteiger partial charge in [0.1, 0.15) is 0 Å². The maximum absolute atomic E-state index is 4.60. The highest BCUT2D eigenvalue weighted by Gasteiger charge is 2.48. The molecule has 0 radical (unpaired) electrons. The van der Waals surface area contributed by atoms with Crippen molar-refractivity contribution in [3.8, 4) is 0 Å². The zero-order valence-electron chi connectivity index (χ0n) is 14.0. The maximum Gasteiger partial charge on any atom is 0.267 e. The van der Waals surface area contributed by atoms with Crippen LogP contribution < -0.4 is 0 Å². The zero-order chi connectivity index (χ0) is 16.4. The molecule has 122 valence electrons. The van der Waals surface area contributed by atoms with Gasteiger partial charge in [0.2, 0.25) is 0 Å². The van der Waals surface area contributed by atoms with E-state index in [2.05, 4.69) is 43.0 Å². The lowest BCUT2D eigenvalue weighted by Gasteiger charge is -2.45. The van der Waals surface area contributed by atoms with Gasteiger partial charge in [0.15, 0.2) is 0 Å². The largest absolute Gasteiger partial charge is 0.267 e. The lowest BCUT2D eigenvalue weighted by Crippen LogP contribution is -2.50. The Morgan fingerprint density at radius 2 is 1.04 bits per heavy atom. The SMILES string of the molecule is CC(C)P(C(C)C)C(n1cccn1)(n1cccn1)n1cccn1. The van der Waals surface area contributed by atoms with Gasteiger partial charge in [0.25, 0.3) is 5.53 Å². The summed E-state index contributed by atoms with van der Waals surface area (Å²) >= 11 is 0. The van der Waals surface area contributed by atoms with Crippen molar-refractivity contribution in [1.29, 1.82) is 0 Å². The predicted octanol–water partition coefficient (Wildman–Crippen LogP) is 3.24. The van der Waals surface area contributed by atoms with Crippen LogP contribution in [0, 0.1) is 0 Å². The molecule has 3 heterocycles. The summed E-state index contributed by atoms with van der Waals surface area (Å²) in [4.78, 5) is 0. The van der Waals surface area contributed by atoms with Crippen LogP contribution in [-0.4, -0.2) is 40.7 Å². The number of nitrogens with zero attached hydrogens (tertiary/aromatic N) is 6. The Hall–Kier alpha value is -1.94. The topological polar surface area (TPSA) is 53.5 Å². The normalized spacial score (nSPS) is 12.7. The summed E-state index contributed by atoms with van der Waals surface area (Å²) in [6.45, 7) is 9.10. The molecule has 0 spiro atoms. The van der Waals surface area contributed by atoms with E-state index in [1.54, 1.807) is 0 Å². The summed E-state index contributed by atoms with van der Waals surface area (Å²) in [5, 5.41) is 13.8. The van der Waals surface area contributed by atoms with Crippen molar-refractivity contribution in [2.45, 2.75) is 44.5 Å². The van der Waals surface area contributed by atoms with Gasteiger partial charge in [-0.1, -0.05) is 27.7 Å². The summed E-state index contributed by atoms with van der Waals surface area (Å²) < 4.78 is 6.00. The molecule has 0 aliphatic carbocycles. The van der Waals surface area contributed by atoms with Crippen molar-refractivity contribution in [2.24, 2.45) is 0 Å². The molecule has 0 bridgehead atoms. The smallest absolute Gasteiger partial charge is 0.221 e. The second-order valence-corrected chi connectivity index (χ2v) is 9.53. The van der Waals surface area contributed by atoms with E-state index < -0.39 is 13.4 Å². The molecule has 3 aromatic heterocycles. The molecule has 0 aromatic carbocycles.